The van der Waals surface area contributed by atoms with Crippen LogP contribution in [0.3, 0.4) is 0 Å². The highest BCUT2D eigenvalue weighted by Crippen LogP contribution is 2.23. The Bertz CT molecular complexity index is 377. The number of thiophene rings is 1. The van der Waals surface area contributed by atoms with Gasteiger partial charge in [0, 0.05) is 6.54 Å². The molecular weight excluding hydrogens is 395 g/mol. The molecule has 0 saturated heterocycles. The van der Waals surface area contributed by atoms with E-state index in [-0.39, 0.29) is 24.0 Å². The first-order valence-corrected chi connectivity index (χ1v) is 8.47. The zero-order chi connectivity index (χ0) is 14.8. The third kappa shape index (κ3) is 7.46. The highest BCUT2D eigenvalue weighted by Gasteiger charge is 2.17. The van der Waals surface area contributed by atoms with Crippen molar-refractivity contribution in [2.75, 3.05) is 26.2 Å². The molecule has 1 aromatic rings. The van der Waals surface area contributed by atoms with Crippen molar-refractivity contribution in [2.24, 2.45) is 10.7 Å². The van der Waals surface area contributed by atoms with Gasteiger partial charge in [-0.25, -0.2) is 0 Å². The van der Waals surface area contributed by atoms with Gasteiger partial charge in [0.2, 0.25) is 0 Å². The van der Waals surface area contributed by atoms with Crippen molar-refractivity contribution in [3.63, 3.8) is 0 Å². The first-order chi connectivity index (χ1) is 9.72. The van der Waals surface area contributed by atoms with Crippen LogP contribution in [0.4, 0.5) is 0 Å². The molecule has 4 nitrogen and oxygen atoms in total. The number of unbranched alkanes of at least 4 members (excludes halogenated alkanes) is 1. The third-order valence-electron chi connectivity index (χ3n) is 3.45. The molecule has 0 aliphatic carbocycles. The molecule has 122 valence electrons. The number of halogens is 1. The van der Waals surface area contributed by atoms with Crippen LogP contribution in [0.5, 0.6) is 0 Å². The van der Waals surface area contributed by atoms with E-state index in [2.05, 4.69) is 52.8 Å². The van der Waals surface area contributed by atoms with E-state index in [0.29, 0.717) is 18.5 Å². The summed E-state index contributed by atoms with van der Waals surface area (Å²) < 4.78 is 0. The quantitative estimate of drug-likeness (QED) is 0.276. The lowest BCUT2D eigenvalue weighted by Crippen LogP contribution is -2.35. The van der Waals surface area contributed by atoms with Crippen LogP contribution in [0.15, 0.2) is 21.8 Å². The maximum atomic E-state index is 5.92. The summed E-state index contributed by atoms with van der Waals surface area (Å²) >= 11 is 1.74. The zero-order valence-electron chi connectivity index (χ0n) is 13.3. The Labute approximate surface area is 150 Å². The van der Waals surface area contributed by atoms with Crippen LogP contribution >= 0.6 is 35.3 Å². The summed E-state index contributed by atoms with van der Waals surface area (Å²) in [6.45, 7) is 10.2. The van der Waals surface area contributed by atoms with Crippen molar-refractivity contribution in [1.29, 1.82) is 0 Å². The summed E-state index contributed by atoms with van der Waals surface area (Å²) in [4.78, 5) is 6.94. The monoisotopic (exact) mass is 424 g/mol. The van der Waals surface area contributed by atoms with Gasteiger partial charge < -0.3 is 11.1 Å². The Morgan fingerprint density at radius 1 is 1.38 bits per heavy atom. The van der Waals surface area contributed by atoms with Gasteiger partial charge in [0.15, 0.2) is 5.96 Å². The highest BCUT2D eigenvalue weighted by atomic mass is 127. The van der Waals surface area contributed by atoms with Gasteiger partial charge in [-0.3, -0.25) is 9.89 Å². The van der Waals surface area contributed by atoms with Crippen molar-refractivity contribution in [1.82, 2.24) is 10.2 Å². The van der Waals surface area contributed by atoms with Crippen LogP contribution in [0.1, 0.15) is 45.2 Å². The summed E-state index contributed by atoms with van der Waals surface area (Å²) in [7, 11) is 0. The van der Waals surface area contributed by atoms with Crippen LogP contribution < -0.4 is 11.1 Å². The minimum Gasteiger partial charge on any atom is -0.370 e. The standard InChI is InChI=1S/C15H28N4S.HI/c1-4-7-9-17-15(16)18-11-14(19(5-2)6-3)13-8-10-20-12-13;/h8,10,12,14H,4-7,9,11H2,1-3H3,(H3,16,17,18);1H. The third-order valence-corrected chi connectivity index (χ3v) is 4.15. The number of likely N-dealkylation sites (N-methyl/N-ethyl adjacent to an activating group) is 1. The summed E-state index contributed by atoms with van der Waals surface area (Å²) in [6.07, 6.45) is 2.29. The second-order valence-electron chi connectivity index (χ2n) is 4.80. The molecule has 6 heteroatoms. The van der Waals surface area contributed by atoms with Crippen LogP contribution in [0.25, 0.3) is 0 Å². The van der Waals surface area contributed by atoms with Crippen molar-refractivity contribution in [3.05, 3.63) is 22.4 Å². The van der Waals surface area contributed by atoms with E-state index in [1.165, 1.54) is 5.56 Å². The van der Waals surface area contributed by atoms with E-state index in [4.69, 9.17) is 5.73 Å². The molecule has 0 fully saturated rings. The minimum atomic E-state index is 0. The van der Waals surface area contributed by atoms with E-state index in [1.807, 2.05) is 0 Å². The lowest BCUT2D eigenvalue weighted by atomic mass is 10.1. The average molecular weight is 424 g/mol. The Hall–Kier alpha value is -0.340. The first-order valence-electron chi connectivity index (χ1n) is 7.52. The molecule has 0 radical (unpaired) electrons. The lowest BCUT2D eigenvalue weighted by Gasteiger charge is -2.28. The van der Waals surface area contributed by atoms with E-state index in [9.17, 15) is 0 Å². The van der Waals surface area contributed by atoms with Gasteiger partial charge >= 0.3 is 0 Å². The number of nitrogens with zero attached hydrogens (tertiary/aromatic N) is 2. The fraction of sp³-hybridized carbons (Fsp3) is 0.667. The summed E-state index contributed by atoms with van der Waals surface area (Å²) in [5.41, 5.74) is 7.26. The smallest absolute Gasteiger partial charge is 0.188 e. The molecule has 1 atom stereocenters. The number of hydrogen-bond acceptors (Lipinski definition) is 3. The number of rotatable bonds is 9. The molecule has 1 aromatic heterocycles. The number of aliphatic imine (C=N–C) groups is 1. The molecule has 1 rings (SSSR count). The van der Waals surface area contributed by atoms with E-state index >= 15 is 0 Å². The summed E-state index contributed by atoms with van der Waals surface area (Å²) in [6, 6.07) is 2.51. The fourth-order valence-electron chi connectivity index (χ4n) is 2.19. The Morgan fingerprint density at radius 3 is 2.62 bits per heavy atom. The molecule has 0 spiro atoms. The van der Waals surface area contributed by atoms with Gasteiger partial charge in [0.25, 0.3) is 0 Å². The van der Waals surface area contributed by atoms with Crippen molar-refractivity contribution in [2.45, 2.75) is 39.7 Å². The van der Waals surface area contributed by atoms with Crippen LogP contribution in [-0.2, 0) is 0 Å². The predicted molar refractivity (Wildman–Crippen MR) is 105 cm³/mol. The molecule has 0 saturated carbocycles. The second-order valence-corrected chi connectivity index (χ2v) is 5.58. The first kappa shape index (κ1) is 20.7. The van der Waals surface area contributed by atoms with Gasteiger partial charge in [0.1, 0.15) is 0 Å². The maximum Gasteiger partial charge on any atom is 0.188 e. The van der Waals surface area contributed by atoms with Gasteiger partial charge in [-0.1, -0.05) is 27.2 Å². The fourth-order valence-corrected chi connectivity index (χ4v) is 2.90. The van der Waals surface area contributed by atoms with Crippen molar-refractivity contribution >= 4 is 41.3 Å². The van der Waals surface area contributed by atoms with Crippen molar-refractivity contribution in [3.8, 4) is 0 Å². The van der Waals surface area contributed by atoms with E-state index < -0.39 is 0 Å². The Kier molecular flexibility index (Phi) is 12.0. The molecule has 21 heavy (non-hydrogen) atoms. The van der Waals surface area contributed by atoms with Crippen LogP contribution in [-0.4, -0.2) is 37.0 Å². The number of nitrogens with one attached hydrogen (secondary N) is 1. The molecule has 0 aliphatic heterocycles. The van der Waals surface area contributed by atoms with Gasteiger partial charge in [-0.15, -0.1) is 24.0 Å². The van der Waals surface area contributed by atoms with Crippen LogP contribution in [0, 0.1) is 0 Å². The van der Waals surface area contributed by atoms with E-state index in [0.717, 1.165) is 32.5 Å². The molecule has 1 unspecified atom stereocenters. The average Bonchev–Trinajstić information content (AvgIpc) is 2.97. The summed E-state index contributed by atoms with van der Waals surface area (Å²) in [5.74, 6) is 0.561. The van der Waals surface area contributed by atoms with E-state index in [1.54, 1.807) is 11.3 Å². The van der Waals surface area contributed by atoms with Gasteiger partial charge in [-0.05, 0) is 41.9 Å². The Balaban J connectivity index is 0.00000400. The molecule has 0 aromatic carbocycles. The molecule has 1 heterocycles. The second kappa shape index (κ2) is 12.2. The van der Waals surface area contributed by atoms with Gasteiger partial charge in [-0.2, -0.15) is 11.3 Å². The minimum absolute atomic E-state index is 0. The highest BCUT2D eigenvalue weighted by molar-refractivity contribution is 14.0. The summed E-state index contributed by atoms with van der Waals surface area (Å²) in [5, 5.41) is 7.50. The lowest BCUT2D eigenvalue weighted by molar-refractivity contribution is 0.225. The SMILES string of the molecule is CCCCNC(N)=NCC(c1ccsc1)N(CC)CC.I. The van der Waals surface area contributed by atoms with Crippen molar-refractivity contribution < 1.29 is 0 Å². The van der Waals surface area contributed by atoms with Gasteiger partial charge in [0.05, 0.1) is 12.6 Å². The number of nitrogens with two attached hydrogens (primary N) is 1. The number of hydrogen-bond donors (Lipinski definition) is 2. The molecular formula is C15H29IN4S. The Morgan fingerprint density at radius 2 is 2.10 bits per heavy atom. The number of guanidine groups is 1. The molecule has 0 bridgehead atoms. The largest absolute Gasteiger partial charge is 0.370 e. The normalized spacial score (nSPS) is 13.0. The zero-order valence-corrected chi connectivity index (χ0v) is 16.5. The van der Waals surface area contributed by atoms with Crippen LogP contribution in [0.2, 0.25) is 0 Å². The topological polar surface area (TPSA) is 53.6 Å². The molecule has 0 aliphatic rings. The molecule has 3 N–H and O–H groups in total. The maximum absolute atomic E-state index is 5.92. The predicted octanol–water partition coefficient (Wildman–Crippen LogP) is 3.45. The molecule has 0 amide bonds.